The van der Waals surface area contributed by atoms with Crippen LogP contribution in [-0.2, 0) is 9.59 Å². The quantitative estimate of drug-likeness (QED) is 0.757. The molecule has 1 aliphatic carbocycles. The molecule has 0 aliphatic heterocycles. The van der Waals surface area contributed by atoms with Gasteiger partial charge in [0.2, 0.25) is 11.6 Å². The Bertz CT molecular complexity index is 757. The number of aryl methyl sites for hydroxylation is 1. The van der Waals surface area contributed by atoms with Gasteiger partial charge in [-0.05, 0) is 19.1 Å². The zero-order chi connectivity index (χ0) is 14.4. The first kappa shape index (κ1) is 12.6. The third kappa shape index (κ3) is 1.58. The number of ketones is 2. The smallest absolute Gasteiger partial charge is 0.275 e. The second-order valence-electron chi connectivity index (χ2n) is 4.78. The first-order valence-electron chi connectivity index (χ1n) is 6.15. The molecule has 2 atom stereocenters. The minimum absolute atomic E-state index is 0.158. The lowest BCUT2D eigenvalue weighted by atomic mass is 9.74. The molecular formula is C14H12N2O4. The van der Waals surface area contributed by atoms with Crippen LogP contribution in [0.1, 0.15) is 17.2 Å². The van der Waals surface area contributed by atoms with Crippen LogP contribution in [0, 0.1) is 6.92 Å². The molecule has 6 nitrogen and oxygen atoms in total. The van der Waals surface area contributed by atoms with Gasteiger partial charge in [-0.1, -0.05) is 18.2 Å². The van der Waals surface area contributed by atoms with E-state index in [0.717, 1.165) is 0 Å². The number of carbonyl (C=O) groups is 2. The van der Waals surface area contributed by atoms with E-state index in [4.69, 9.17) is 0 Å². The maximum Gasteiger partial charge on any atom is 0.275 e. The third-order valence-corrected chi connectivity index (χ3v) is 3.55. The van der Waals surface area contributed by atoms with E-state index in [-0.39, 0.29) is 5.56 Å². The van der Waals surface area contributed by atoms with Gasteiger partial charge < -0.3 is 5.11 Å². The van der Waals surface area contributed by atoms with E-state index in [9.17, 15) is 19.5 Å². The van der Waals surface area contributed by atoms with E-state index in [1.165, 1.54) is 4.68 Å². The molecule has 0 bridgehead atoms. The molecule has 1 fully saturated rings. The average molecular weight is 272 g/mol. The van der Waals surface area contributed by atoms with Crippen LogP contribution in [0.25, 0.3) is 5.69 Å². The van der Waals surface area contributed by atoms with Crippen molar-refractivity contribution in [2.75, 3.05) is 0 Å². The number of nitrogens with one attached hydrogen (secondary N) is 1. The summed E-state index contributed by atoms with van der Waals surface area (Å²) in [4.78, 5) is 35.1. The Balaban J connectivity index is 2.12. The number of rotatable bonds is 2. The molecule has 20 heavy (non-hydrogen) atoms. The molecular weight excluding hydrogens is 260 g/mol. The van der Waals surface area contributed by atoms with E-state index in [1.807, 2.05) is 6.07 Å². The average Bonchev–Trinajstić information content (AvgIpc) is 2.76. The molecule has 3 rings (SSSR count). The Morgan fingerprint density at radius 3 is 2.35 bits per heavy atom. The van der Waals surface area contributed by atoms with Gasteiger partial charge in [-0.15, -0.1) is 0 Å². The van der Waals surface area contributed by atoms with Gasteiger partial charge in [0, 0.05) is 5.69 Å². The topological polar surface area (TPSA) is 92.2 Å². The minimum Gasteiger partial charge on any atom is -0.384 e. The molecule has 0 amide bonds. The van der Waals surface area contributed by atoms with E-state index in [0.29, 0.717) is 11.4 Å². The van der Waals surface area contributed by atoms with Crippen molar-refractivity contribution in [2.45, 2.75) is 18.9 Å². The zero-order valence-electron chi connectivity index (χ0n) is 10.7. The van der Waals surface area contributed by atoms with Gasteiger partial charge in [-0.2, -0.15) is 0 Å². The Morgan fingerprint density at radius 1 is 1.10 bits per heavy atom. The number of Topliss-reactive ketones (excluding diaryl/α,β-unsaturated/α-hetero) is 2. The van der Waals surface area contributed by atoms with Crippen molar-refractivity contribution in [1.82, 2.24) is 9.78 Å². The van der Waals surface area contributed by atoms with Crippen molar-refractivity contribution in [3.8, 4) is 5.69 Å². The standard InChI is InChI=1S/C14H12N2O4/c1-7-9(10-11(17)13(19)12(10)18)14(20)16(15-7)8-5-3-2-4-6-8/h2-6,10-11,15,17H,1H3. The van der Waals surface area contributed by atoms with Crippen LogP contribution >= 0.6 is 0 Å². The summed E-state index contributed by atoms with van der Waals surface area (Å²) in [7, 11) is 0. The second kappa shape index (κ2) is 4.28. The molecule has 0 radical (unpaired) electrons. The number of aliphatic hydroxyl groups excluding tert-OH is 1. The van der Waals surface area contributed by atoms with Crippen molar-refractivity contribution < 1.29 is 14.7 Å². The lowest BCUT2D eigenvalue weighted by molar-refractivity contribution is -0.154. The fourth-order valence-corrected chi connectivity index (χ4v) is 2.47. The maximum atomic E-state index is 12.4. The van der Waals surface area contributed by atoms with Gasteiger partial charge in [0.05, 0.1) is 17.2 Å². The highest BCUT2D eigenvalue weighted by atomic mass is 16.3. The number of benzene rings is 1. The Morgan fingerprint density at radius 2 is 1.75 bits per heavy atom. The van der Waals surface area contributed by atoms with Crippen molar-refractivity contribution in [3.05, 3.63) is 51.9 Å². The Labute approximate surface area is 113 Å². The monoisotopic (exact) mass is 272 g/mol. The number of aliphatic hydroxyl groups is 1. The van der Waals surface area contributed by atoms with Crippen molar-refractivity contribution in [3.63, 3.8) is 0 Å². The summed E-state index contributed by atoms with van der Waals surface area (Å²) >= 11 is 0. The number of hydrogen-bond acceptors (Lipinski definition) is 4. The highest BCUT2D eigenvalue weighted by Crippen LogP contribution is 2.30. The number of aromatic amines is 1. The number of H-pyrrole nitrogens is 1. The predicted octanol–water partition coefficient (Wildman–Crippen LogP) is 0.0703. The fraction of sp³-hybridized carbons (Fsp3) is 0.214. The number of para-hydroxylation sites is 1. The fourth-order valence-electron chi connectivity index (χ4n) is 2.47. The summed E-state index contributed by atoms with van der Waals surface area (Å²) < 4.78 is 1.30. The Kier molecular flexibility index (Phi) is 2.69. The van der Waals surface area contributed by atoms with Gasteiger partial charge in [-0.25, -0.2) is 4.68 Å². The summed E-state index contributed by atoms with van der Waals surface area (Å²) in [5, 5.41) is 12.5. The van der Waals surface area contributed by atoms with E-state index in [2.05, 4.69) is 5.10 Å². The highest BCUT2D eigenvalue weighted by Gasteiger charge is 2.51. The summed E-state index contributed by atoms with van der Waals surface area (Å²) in [6, 6.07) is 8.87. The summed E-state index contributed by atoms with van der Waals surface area (Å²) in [6.07, 6.45) is -1.41. The lowest BCUT2D eigenvalue weighted by Crippen LogP contribution is -2.52. The highest BCUT2D eigenvalue weighted by molar-refractivity contribution is 6.48. The molecule has 2 N–H and O–H groups in total. The van der Waals surface area contributed by atoms with Gasteiger partial charge in [0.15, 0.2) is 0 Å². The van der Waals surface area contributed by atoms with Crippen molar-refractivity contribution in [2.24, 2.45) is 0 Å². The number of carbonyl (C=O) groups excluding carboxylic acids is 2. The van der Waals surface area contributed by atoms with E-state index in [1.54, 1.807) is 31.2 Å². The summed E-state index contributed by atoms with van der Waals surface area (Å²) in [6.45, 7) is 1.64. The molecule has 2 aromatic rings. The molecule has 1 aromatic carbocycles. The largest absolute Gasteiger partial charge is 0.384 e. The zero-order valence-corrected chi connectivity index (χ0v) is 10.7. The maximum absolute atomic E-state index is 12.4. The van der Waals surface area contributed by atoms with Crippen molar-refractivity contribution in [1.29, 1.82) is 0 Å². The number of aromatic nitrogens is 2. The van der Waals surface area contributed by atoms with Gasteiger partial charge >= 0.3 is 0 Å². The molecule has 0 spiro atoms. The number of hydrogen-bond donors (Lipinski definition) is 2. The SMILES string of the molecule is Cc1[nH]n(-c2ccccc2)c(=O)c1C1C(=O)C(=O)C1O. The van der Waals surface area contributed by atoms with Crippen LogP contribution in [0.4, 0.5) is 0 Å². The Hall–Kier alpha value is -2.47. The van der Waals surface area contributed by atoms with Crippen LogP contribution in [0.15, 0.2) is 35.1 Å². The predicted molar refractivity (Wildman–Crippen MR) is 69.9 cm³/mol. The van der Waals surface area contributed by atoms with E-state index >= 15 is 0 Å². The summed E-state index contributed by atoms with van der Waals surface area (Å²) in [5.74, 6) is -2.59. The van der Waals surface area contributed by atoms with Crippen LogP contribution in [0.2, 0.25) is 0 Å². The first-order valence-corrected chi connectivity index (χ1v) is 6.15. The molecule has 102 valence electrons. The third-order valence-electron chi connectivity index (χ3n) is 3.55. The van der Waals surface area contributed by atoms with Crippen LogP contribution in [-0.4, -0.2) is 32.6 Å². The van der Waals surface area contributed by atoms with Crippen LogP contribution in [0.5, 0.6) is 0 Å². The first-order chi connectivity index (χ1) is 9.52. The van der Waals surface area contributed by atoms with Crippen LogP contribution < -0.4 is 5.56 Å². The second-order valence-corrected chi connectivity index (χ2v) is 4.78. The molecule has 2 unspecified atom stereocenters. The van der Waals surface area contributed by atoms with Crippen LogP contribution in [0.3, 0.4) is 0 Å². The summed E-state index contributed by atoms with van der Waals surface area (Å²) in [5.41, 5.74) is 0.841. The lowest BCUT2D eigenvalue weighted by Gasteiger charge is -2.27. The molecule has 1 heterocycles. The van der Waals surface area contributed by atoms with Crippen molar-refractivity contribution >= 4 is 11.6 Å². The minimum atomic E-state index is -1.41. The van der Waals surface area contributed by atoms with Gasteiger partial charge in [0.25, 0.3) is 5.56 Å². The normalized spacial score (nSPS) is 21.9. The molecule has 1 aliphatic rings. The molecule has 1 saturated carbocycles. The molecule has 6 heteroatoms. The van der Waals surface area contributed by atoms with Gasteiger partial charge in [-0.3, -0.25) is 19.5 Å². The van der Waals surface area contributed by atoms with E-state index < -0.39 is 29.1 Å². The molecule has 0 saturated heterocycles. The molecule has 1 aromatic heterocycles. The number of nitrogens with zero attached hydrogens (tertiary/aromatic N) is 1. The van der Waals surface area contributed by atoms with Gasteiger partial charge in [0.1, 0.15) is 6.10 Å².